The molecule has 0 saturated heterocycles. The Labute approximate surface area is 210 Å². The SMILES string of the molecule is COc1ccccc1-n1c(SCC(=O)Nc2cccc(C#N)c2)nc2sc3c(c2c1=O)CCCC3. The predicted molar refractivity (Wildman–Crippen MR) is 139 cm³/mol. The Bertz CT molecular complexity index is 1530. The number of hydrogen-bond acceptors (Lipinski definition) is 7. The average molecular weight is 503 g/mol. The molecule has 4 aromatic rings. The van der Waals surface area contributed by atoms with Gasteiger partial charge in [0.15, 0.2) is 5.16 Å². The minimum absolute atomic E-state index is 0.0506. The summed E-state index contributed by atoms with van der Waals surface area (Å²) < 4.78 is 7.11. The molecule has 176 valence electrons. The molecule has 1 aliphatic rings. The zero-order valence-electron chi connectivity index (χ0n) is 19.0. The number of fused-ring (bicyclic) bond motifs is 3. The summed E-state index contributed by atoms with van der Waals surface area (Å²) in [6, 6.07) is 16.1. The third-order valence-corrected chi connectivity index (χ3v) is 8.02. The largest absolute Gasteiger partial charge is 0.495 e. The summed E-state index contributed by atoms with van der Waals surface area (Å²) in [5.74, 6) is 0.352. The smallest absolute Gasteiger partial charge is 0.267 e. The number of para-hydroxylation sites is 2. The summed E-state index contributed by atoms with van der Waals surface area (Å²) in [7, 11) is 1.57. The fourth-order valence-corrected chi connectivity index (χ4v) is 6.41. The molecular weight excluding hydrogens is 480 g/mol. The highest BCUT2D eigenvalue weighted by Crippen LogP contribution is 2.36. The van der Waals surface area contributed by atoms with E-state index in [2.05, 4.69) is 11.4 Å². The van der Waals surface area contributed by atoms with E-state index in [1.54, 1.807) is 53.3 Å². The number of benzene rings is 2. The number of nitrogens with one attached hydrogen (secondary N) is 1. The Hall–Kier alpha value is -3.61. The molecule has 0 saturated carbocycles. The number of thioether (sulfide) groups is 1. The van der Waals surface area contributed by atoms with Gasteiger partial charge in [-0.15, -0.1) is 11.3 Å². The van der Waals surface area contributed by atoms with Crippen LogP contribution >= 0.6 is 23.1 Å². The Kier molecular flexibility index (Phi) is 6.57. The Balaban J connectivity index is 1.54. The lowest BCUT2D eigenvalue weighted by atomic mass is 9.97. The molecule has 1 N–H and O–H groups in total. The second-order valence-electron chi connectivity index (χ2n) is 8.13. The molecule has 0 spiro atoms. The van der Waals surface area contributed by atoms with Crippen molar-refractivity contribution >= 4 is 44.9 Å². The molecule has 0 bridgehead atoms. The van der Waals surface area contributed by atoms with Crippen LogP contribution in [0.2, 0.25) is 0 Å². The van der Waals surface area contributed by atoms with E-state index in [4.69, 9.17) is 15.0 Å². The van der Waals surface area contributed by atoms with Gasteiger partial charge in [0.2, 0.25) is 5.91 Å². The van der Waals surface area contributed by atoms with Gasteiger partial charge in [0.05, 0.1) is 35.6 Å². The van der Waals surface area contributed by atoms with Crippen LogP contribution in [0.15, 0.2) is 58.5 Å². The minimum Gasteiger partial charge on any atom is -0.495 e. The summed E-state index contributed by atoms with van der Waals surface area (Å²) >= 11 is 2.78. The highest BCUT2D eigenvalue weighted by atomic mass is 32.2. The first kappa shape index (κ1) is 23.1. The van der Waals surface area contributed by atoms with Crippen molar-refractivity contribution in [1.29, 1.82) is 5.26 Å². The molecule has 1 amide bonds. The number of rotatable bonds is 6. The van der Waals surface area contributed by atoms with Crippen LogP contribution in [0.3, 0.4) is 0 Å². The first-order valence-electron chi connectivity index (χ1n) is 11.2. The molecule has 1 aliphatic carbocycles. The van der Waals surface area contributed by atoms with Gasteiger partial charge in [0.1, 0.15) is 10.6 Å². The number of carbonyl (C=O) groups is 1. The summed E-state index contributed by atoms with van der Waals surface area (Å²) in [4.78, 5) is 33.4. The fourth-order valence-electron chi connectivity index (χ4n) is 4.30. The number of thiophene rings is 1. The van der Waals surface area contributed by atoms with Crippen molar-refractivity contribution in [1.82, 2.24) is 9.55 Å². The van der Waals surface area contributed by atoms with Crippen molar-refractivity contribution in [3.63, 3.8) is 0 Å². The highest BCUT2D eigenvalue weighted by Gasteiger charge is 2.24. The maximum absolute atomic E-state index is 13.9. The number of carbonyl (C=O) groups excluding carboxylic acids is 1. The molecule has 0 unspecified atom stereocenters. The number of nitriles is 1. The topological polar surface area (TPSA) is 97.0 Å². The van der Waals surface area contributed by atoms with Crippen LogP contribution in [0, 0.1) is 11.3 Å². The van der Waals surface area contributed by atoms with Crippen LogP contribution in [-0.4, -0.2) is 28.3 Å². The van der Waals surface area contributed by atoms with E-state index in [-0.39, 0.29) is 17.2 Å². The number of nitrogens with zero attached hydrogens (tertiary/aromatic N) is 3. The molecule has 0 aliphatic heterocycles. The quantitative estimate of drug-likeness (QED) is 0.296. The normalized spacial score (nSPS) is 12.7. The van der Waals surface area contributed by atoms with Crippen LogP contribution in [-0.2, 0) is 17.6 Å². The monoisotopic (exact) mass is 502 g/mol. The van der Waals surface area contributed by atoms with Gasteiger partial charge in [-0.05, 0) is 61.6 Å². The van der Waals surface area contributed by atoms with Crippen molar-refractivity contribution in [2.75, 3.05) is 18.2 Å². The molecule has 0 atom stereocenters. The molecule has 2 heterocycles. The van der Waals surface area contributed by atoms with Crippen LogP contribution < -0.4 is 15.6 Å². The van der Waals surface area contributed by atoms with Crippen molar-refractivity contribution in [3.8, 4) is 17.5 Å². The first-order valence-corrected chi connectivity index (χ1v) is 13.0. The lowest BCUT2D eigenvalue weighted by Crippen LogP contribution is -2.23. The van der Waals surface area contributed by atoms with Crippen molar-refractivity contribution in [2.45, 2.75) is 30.8 Å². The molecular formula is C26H22N4O3S2. The lowest BCUT2D eigenvalue weighted by Gasteiger charge is -2.15. The van der Waals surface area contributed by atoms with Gasteiger partial charge in [-0.25, -0.2) is 4.98 Å². The summed E-state index contributed by atoms with van der Waals surface area (Å²) in [5, 5.41) is 13.0. The maximum atomic E-state index is 13.9. The third-order valence-electron chi connectivity index (χ3n) is 5.89. The first-order chi connectivity index (χ1) is 17.1. The summed E-state index contributed by atoms with van der Waals surface area (Å²) in [6.07, 6.45) is 4.04. The molecule has 0 fully saturated rings. The van der Waals surface area contributed by atoms with E-state index in [0.717, 1.165) is 36.1 Å². The van der Waals surface area contributed by atoms with Gasteiger partial charge in [0, 0.05) is 10.6 Å². The number of anilines is 1. The van der Waals surface area contributed by atoms with Crippen LogP contribution in [0.4, 0.5) is 5.69 Å². The summed E-state index contributed by atoms with van der Waals surface area (Å²) in [5.41, 5.74) is 2.59. The van der Waals surface area contributed by atoms with E-state index in [0.29, 0.717) is 33.2 Å². The second-order valence-corrected chi connectivity index (χ2v) is 10.2. The maximum Gasteiger partial charge on any atom is 0.267 e. The molecule has 2 aromatic heterocycles. The van der Waals surface area contributed by atoms with E-state index >= 15 is 0 Å². The van der Waals surface area contributed by atoms with Crippen LogP contribution in [0.1, 0.15) is 28.8 Å². The van der Waals surface area contributed by atoms with Gasteiger partial charge >= 0.3 is 0 Å². The van der Waals surface area contributed by atoms with Gasteiger partial charge in [0.25, 0.3) is 5.56 Å². The molecule has 2 aromatic carbocycles. The number of aryl methyl sites for hydroxylation is 2. The molecule has 0 radical (unpaired) electrons. The van der Waals surface area contributed by atoms with Crippen LogP contribution in [0.5, 0.6) is 5.75 Å². The number of ether oxygens (including phenoxy) is 1. The zero-order chi connectivity index (χ0) is 24.4. The number of methoxy groups -OCH3 is 1. The van der Waals surface area contributed by atoms with E-state index in [9.17, 15) is 9.59 Å². The standard InChI is InChI=1S/C26H22N4O3S2/c1-33-20-11-4-3-10-19(20)30-25(32)23-18-9-2-5-12-21(18)35-24(23)29-26(30)34-15-22(31)28-17-8-6-7-16(13-17)14-27/h3-4,6-8,10-11,13H,2,5,9,12,15H2,1H3,(H,28,31). The Morgan fingerprint density at radius 2 is 2.06 bits per heavy atom. The van der Waals surface area contributed by atoms with Crippen molar-refractivity contribution in [3.05, 3.63) is 74.9 Å². The number of hydrogen-bond donors (Lipinski definition) is 1. The van der Waals surface area contributed by atoms with Crippen molar-refractivity contribution in [2.24, 2.45) is 0 Å². The van der Waals surface area contributed by atoms with Gasteiger partial charge in [-0.3, -0.25) is 14.2 Å². The van der Waals surface area contributed by atoms with Gasteiger partial charge in [-0.1, -0.05) is 30.0 Å². The van der Waals surface area contributed by atoms with E-state index in [1.165, 1.54) is 16.6 Å². The molecule has 5 rings (SSSR count). The van der Waals surface area contributed by atoms with Crippen LogP contribution in [0.25, 0.3) is 15.9 Å². The Morgan fingerprint density at radius 1 is 1.23 bits per heavy atom. The molecule has 35 heavy (non-hydrogen) atoms. The van der Waals surface area contributed by atoms with Gasteiger partial charge < -0.3 is 10.1 Å². The van der Waals surface area contributed by atoms with E-state index in [1.807, 2.05) is 18.2 Å². The van der Waals surface area contributed by atoms with Crippen molar-refractivity contribution < 1.29 is 9.53 Å². The minimum atomic E-state index is -0.253. The fraction of sp³-hybridized carbons (Fsp3) is 0.231. The summed E-state index contributed by atoms with van der Waals surface area (Å²) in [6.45, 7) is 0. The molecule has 9 heteroatoms. The van der Waals surface area contributed by atoms with Gasteiger partial charge in [-0.2, -0.15) is 5.26 Å². The van der Waals surface area contributed by atoms with E-state index < -0.39 is 0 Å². The molecule has 7 nitrogen and oxygen atoms in total. The third kappa shape index (κ3) is 4.55. The lowest BCUT2D eigenvalue weighted by molar-refractivity contribution is -0.113. The second kappa shape index (κ2) is 9.94. The average Bonchev–Trinajstić information content (AvgIpc) is 3.26. The number of aromatic nitrogens is 2. The zero-order valence-corrected chi connectivity index (χ0v) is 20.7. The predicted octanol–water partition coefficient (Wildman–Crippen LogP) is 4.94. The Morgan fingerprint density at radius 3 is 2.89 bits per heavy atom. The number of amides is 1. The highest BCUT2D eigenvalue weighted by molar-refractivity contribution is 7.99.